The van der Waals surface area contributed by atoms with E-state index in [1.807, 2.05) is 7.05 Å². The standard InChI is InChI=1S/C17H34N4O2.HI/c1-3-21-10-5-4-7-15(21)13-20-17(18-2)19-9-6-11-23-16-8-12-22-14-16;/h15-16H,3-14H2,1-2H3,(H2,18,19,20);1H. The summed E-state index contributed by atoms with van der Waals surface area (Å²) in [5.41, 5.74) is 0. The van der Waals surface area contributed by atoms with Gasteiger partial charge in [-0.05, 0) is 38.8 Å². The molecule has 0 radical (unpaired) electrons. The molecule has 0 spiro atoms. The molecule has 2 heterocycles. The van der Waals surface area contributed by atoms with Crippen LogP contribution in [0.4, 0.5) is 0 Å². The molecule has 0 amide bonds. The second kappa shape index (κ2) is 13.1. The highest BCUT2D eigenvalue weighted by Gasteiger charge is 2.20. The molecule has 0 bridgehead atoms. The van der Waals surface area contributed by atoms with Crippen LogP contribution >= 0.6 is 24.0 Å². The predicted octanol–water partition coefficient (Wildman–Crippen LogP) is 1.84. The van der Waals surface area contributed by atoms with Gasteiger partial charge < -0.3 is 20.1 Å². The van der Waals surface area contributed by atoms with Crippen molar-refractivity contribution in [3.05, 3.63) is 0 Å². The van der Waals surface area contributed by atoms with Crippen molar-refractivity contribution >= 4 is 29.9 Å². The van der Waals surface area contributed by atoms with Gasteiger partial charge in [0.2, 0.25) is 0 Å². The normalized spacial score (nSPS) is 25.3. The predicted molar refractivity (Wildman–Crippen MR) is 109 cm³/mol. The van der Waals surface area contributed by atoms with E-state index in [1.165, 1.54) is 25.8 Å². The number of guanidine groups is 1. The van der Waals surface area contributed by atoms with E-state index >= 15 is 0 Å². The van der Waals surface area contributed by atoms with Gasteiger partial charge in [-0.15, -0.1) is 24.0 Å². The molecular weight excluding hydrogens is 419 g/mol. The lowest BCUT2D eigenvalue weighted by Gasteiger charge is -2.35. The summed E-state index contributed by atoms with van der Waals surface area (Å²) in [7, 11) is 1.83. The van der Waals surface area contributed by atoms with Gasteiger partial charge in [0.15, 0.2) is 5.96 Å². The zero-order chi connectivity index (χ0) is 16.3. The van der Waals surface area contributed by atoms with Crippen molar-refractivity contribution in [2.24, 2.45) is 4.99 Å². The lowest BCUT2D eigenvalue weighted by atomic mass is 10.0. The van der Waals surface area contributed by atoms with Gasteiger partial charge in [0.1, 0.15) is 0 Å². The minimum atomic E-state index is 0. The highest BCUT2D eigenvalue weighted by molar-refractivity contribution is 14.0. The molecule has 142 valence electrons. The summed E-state index contributed by atoms with van der Waals surface area (Å²) in [6.45, 7) is 8.86. The topological polar surface area (TPSA) is 58.1 Å². The van der Waals surface area contributed by atoms with Crippen LogP contribution in [-0.2, 0) is 9.47 Å². The summed E-state index contributed by atoms with van der Waals surface area (Å²) in [6.07, 6.45) is 6.29. The zero-order valence-corrected chi connectivity index (χ0v) is 17.6. The van der Waals surface area contributed by atoms with Crippen LogP contribution in [0.1, 0.15) is 39.0 Å². The molecule has 2 atom stereocenters. The van der Waals surface area contributed by atoms with Crippen molar-refractivity contribution in [1.82, 2.24) is 15.5 Å². The molecule has 0 aromatic rings. The first-order chi connectivity index (χ1) is 11.3. The number of ether oxygens (including phenoxy) is 2. The van der Waals surface area contributed by atoms with Crippen LogP contribution < -0.4 is 10.6 Å². The highest BCUT2D eigenvalue weighted by atomic mass is 127. The Balaban J connectivity index is 0.00000288. The van der Waals surface area contributed by atoms with Crippen molar-refractivity contribution in [2.45, 2.75) is 51.2 Å². The molecule has 2 rings (SSSR count). The van der Waals surface area contributed by atoms with E-state index in [0.29, 0.717) is 12.1 Å². The molecule has 2 aliphatic heterocycles. The van der Waals surface area contributed by atoms with E-state index in [-0.39, 0.29) is 24.0 Å². The zero-order valence-electron chi connectivity index (χ0n) is 15.3. The SMILES string of the molecule is CCN1CCCCC1CNC(=NC)NCCCOC1CCOC1.I. The fourth-order valence-electron chi connectivity index (χ4n) is 3.32. The van der Waals surface area contributed by atoms with Crippen LogP contribution in [0, 0.1) is 0 Å². The Morgan fingerprint density at radius 1 is 1.29 bits per heavy atom. The number of likely N-dealkylation sites (N-methyl/N-ethyl adjacent to an activating group) is 1. The smallest absolute Gasteiger partial charge is 0.191 e. The molecule has 2 aliphatic rings. The van der Waals surface area contributed by atoms with E-state index in [4.69, 9.17) is 9.47 Å². The number of piperidine rings is 1. The van der Waals surface area contributed by atoms with Gasteiger partial charge in [-0.1, -0.05) is 13.3 Å². The van der Waals surface area contributed by atoms with Crippen molar-refractivity contribution in [1.29, 1.82) is 0 Å². The average Bonchev–Trinajstić information content (AvgIpc) is 3.11. The summed E-state index contributed by atoms with van der Waals surface area (Å²) < 4.78 is 11.1. The van der Waals surface area contributed by atoms with E-state index in [9.17, 15) is 0 Å². The third-order valence-electron chi connectivity index (χ3n) is 4.74. The molecule has 0 aromatic heterocycles. The third kappa shape index (κ3) is 7.84. The van der Waals surface area contributed by atoms with Gasteiger partial charge in [-0.3, -0.25) is 9.89 Å². The number of aliphatic imine (C=N–C) groups is 1. The van der Waals surface area contributed by atoms with E-state index in [1.54, 1.807) is 0 Å². The maximum atomic E-state index is 5.77. The molecule has 2 fully saturated rings. The number of halogens is 1. The van der Waals surface area contributed by atoms with Crippen LogP contribution in [0.3, 0.4) is 0 Å². The van der Waals surface area contributed by atoms with Crippen molar-refractivity contribution in [3.63, 3.8) is 0 Å². The molecule has 2 unspecified atom stereocenters. The summed E-state index contributed by atoms with van der Waals surface area (Å²) in [6, 6.07) is 0.637. The molecular formula is C17H35IN4O2. The summed E-state index contributed by atoms with van der Waals surface area (Å²) >= 11 is 0. The first-order valence-electron chi connectivity index (χ1n) is 9.21. The maximum absolute atomic E-state index is 5.77. The minimum absolute atomic E-state index is 0. The quantitative estimate of drug-likeness (QED) is 0.254. The second-order valence-electron chi connectivity index (χ2n) is 6.37. The second-order valence-corrected chi connectivity index (χ2v) is 6.37. The molecule has 2 N–H and O–H groups in total. The van der Waals surface area contributed by atoms with E-state index < -0.39 is 0 Å². The first kappa shape index (κ1) is 21.9. The average molecular weight is 454 g/mol. The van der Waals surface area contributed by atoms with Gasteiger partial charge in [0, 0.05) is 39.4 Å². The van der Waals surface area contributed by atoms with Gasteiger partial charge in [0.05, 0.1) is 12.7 Å². The Labute approximate surface area is 164 Å². The van der Waals surface area contributed by atoms with Crippen molar-refractivity contribution in [2.75, 3.05) is 53.0 Å². The van der Waals surface area contributed by atoms with Crippen LogP contribution in [0.25, 0.3) is 0 Å². The minimum Gasteiger partial charge on any atom is -0.379 e. The number of nitrogens with zero attached hydrogens (tertiary/aromatic N) is 2. The Bertz CT molecular complexity index is 351. The molecule has 24 heavy (non-hydrogen) atoms. The molecule has 0 aliphatic carbocycles. The summed E-state index contributed by atoms with van der Waals surface area (Å²) in [5, 5.41) is 6.85. The molecule has 2 saturated heterocycles. The monoisotopic (exact) mass is 454 g/mol. The number of rotatable bonds is 8. The van der Waals surface area contributed by atoms with Crippen molar-refractivity contribution < 1.29 is 9.47 Å². The fraction of sp³-hybridized carbons (Fsp3) is 0.941. The van der Waals surface area contributed by atoms with Crippen LogP contribution in [0.5, 0.6) is 0 Å². The van der Waals surface area contributed by atoms with Gasteiger partial charge >= 0.3 is 0 Å². The third-order valence-corrected chi connectivity index (χ3v) is 4.74. The molecule has 0 aromatic carbocycles. The number of nitrogens with one attached hydrogen (secondary N) is 2. The lowest BCUT2D eigenvalue weighted by molar-refractivity contribution is 0.0420. The van der Waals surface area contributed by atoms with Crippen molar-refractivity contribution in [3.8, 4) is 0 Å². The fourth-order valence-corrected chi connectivity index (χ4v) is 3.32. The first-order valence-corrected chi connectivity index (χ1v) is 9.21. The lowest BCUT2D eigenvalue weighted by Crippen LogP contribution is -2.49. The van der Waals surface area contributed by atoms with Crippen LogP contribution in [0.2, 0.25) is 0 Å². The largest absolute Gasteiger partial charge is 0.379 e. The van der Waals surface area contributed by atoms with Crippen LogP contribution in [-0.4, -0.2) is 76.1 Å². The number of hydrogen-bond donors (Lipinski definition) is 2. The highest BCUT2D eigenvalue weighted by Crippen LogP contribution is 2.15. The number of hydrogen-bond acceptors (Lipinski definition) is 4. The van der Waals surface area contributed by atoms with E-state index in [2.05, 4.69) is 27.4 Å². The Morgan fingerprint density at radius 3 is 2.88 bits per heavy atom. The van der Waals surface area contributed by atoms with Gasteiger partial charge in [-0.25, -0.2) is 0 Å². The van der Waals surface area contributed by atoms with Gasteiger partial charge in [-0.2, -0.15) is 0 Å². The van der Waals surface area contributed by atoms with Crippen LogP contribution in [0.15, 0.2) is 4.99 Å². The Hall–Kier alpha value is -0.120. The summed E-state index contributed by atoms with van der Waals surface area (Å²) in [5.74, 6) is 0.899. The Morgan fingerprint density at radius 2 is 2.17 bits per heavy atom. The maximum Gasteiger partial charge on any atom is 0.191 e. The molecule has 6 nitrogen and oxygen atoms in total. The number of likely N-dealkylation sites (tertiary alicyclic amines) is 1. The van der Waals surface area contributed by atoms with Gasteiger partial charge in [0.25, 0.3) is 0 Å². The Kier molecular flexibility index (Phi) is 12.0. The van der Waals surface area contributed by atoms with E-state index in [0.717, 1.165) is 58.3 Å². The summed E-state index contributed by atoms with van der Waals surface area (Å²) in [4.78, 5) is 6.88. The molecule has 0 saturated carbocycles. The molecule has 7 heteroatoms.